The van der Waals surface area contributed by atoms with Gasteiger partial charge in [-0.1, -0.05) is 0 Å². The first-order valence-electron chi connectivity index (χ1n) is 5.56. The maximum atomic E-state index is 9.88. The first-order valence-corrected chi connectivity index (χ1v) is 6.35. The number of rotatable bonds is 2. The molecule has 0 bridgehead atoms. The molecule has 0 amide bonds. The normalized spacial score (nSPS) is 19.2. The van der Waals surface area contributed by atoms with Crippen LogP contribution in [0.25, 0.3) is 0 Å². The minimum Gasteiger partial charge on any atom is -0.480 e. The van der Waals surface area contributed by atoms with Gasteiger partial charge in [-0.2, -0.15) is 4.98 Å². The zero-order chi connectivity index (χ0) is 12.5. The van der Waals surface area contributed by atoms with Crippen LogP contribution in [0.2, 0.25) is 0 Å². The van der Waals surface area contributed by atoms with E-state index in [0.717, 1.165) is 30.4 Å². The molecule has 0 aromatic carbocycles. The Labute approximate surface area is 109 Å². The van der Waals surface area contributed by atoms with E-state index in [9.17, 15) is 5.11 Å². The van der Waals surface area contributed by atoms with Gasteiger partial charge >= 0.3 is 0 Å². The highest BCUT2D eigenvalue weighted by Gasteiger charge is 2.28. The van der Waals surface area contributed by atoms with Crippen LogP contribution in [-0.2, 0) is 0 Å². The van der Waals surface area contributed by atoms with Crippen LogP contribution in [0.4, 0.5) is 5.95 Å². The van der Waals surface area contributed by atoms with Crippen molar-refractivity contribution in [3.8, 4) is 5.88 Å². The van der Waals surface area contributed by atoms with Crippen molar-refractivity contribution < 1.29 is 9.84 Å². The Bertz CT molecular complexity index is 402. The van der Waals surface area contributed by atoms with Crippen molar-refractivity contribution in [1.82, 2.24) is 9.97 Å². The molecule has 0 saturated carbocycles. The number of piperidine rings is 1. The molecule has 94 valence electrons. The fourth-order valence-corrected chi connectivity index (χ4v) is 2.18. The molecule has 2 heterocycles. The Morgan fingerprint density at radius 1 is 1.47 bits per heavy atom. The fraction of sp³-hybridized carbons (Fsp3) is 0.636. The second-order valence-corrected chi connectivity index (χ2v) is 5.37. The third-order valence-electron chi connectivity index (χ3n) is 3.02. The predicted molar refractivity (Wildman–Crippen MR) is 68.4 cm³/mol. The average molecular weight is 302 g/mol. The van der Waals surface area contributed by atoms with Gasteiger partial charge in [-0.15, -0.1) is 0 Å². The summed E-state index contributed by atoms with van der Waals surface area (Å²) >= 11 is 3.32. The third kappa shape index (κ3) is 2.87. The maximum absolute atomic E-state index is 9.88. The number of aromatic nitrogens is 2. The number of methoxy groups -OCH3 is 1. The number of aliphatic hydroxyl groups is 1. The van der Waals surface area contributed by atoms with Gasteiger partial charge in [-0.25, -0.2) is 4.98 Å². The van der Waals surface area contributed by atoms with Gasteiger partial charge in [-0.3, -0.25) is 0 Å². The van der Waals surface area contributed by atoms with Crippen LogP contribution >= 0.6 is 15.9 Å². The zero-order valence-corrected chi connectivity index (χ0v) is 11.6. The van der Waals surface area contributed by atoms with Gasteiger partial charge in [0, 0.05) is 13.1 Å². The number of hydrogen-bond acceptors (Lipinski definition) is 5. The van der Waals surface area contributed by atoms with Gasteiger partial charge in [0.05, 0.1) is 23.4 Å². The average Bonchev–Trinajstić information content (AvgIpc) is 2.30. The summed E-state index contributed by atoms with van der Waals surface area (Å²) < 4.78 is 5.89. The van der Waals surface area contributed by atoms with E-state index < -0.39 is 5.60 Å². The summed E-state index contributed by atoms with van der Waals surface area (Å²) in [6, 6.07) is 0. The van der Waals surface area contributed by atoms with Gasteiger partial charge in [-0.05, 0) is 35.7 Å². The van der Waals surface area contributed by atoms with Crippen molar-refractivity contribution in [2.75, 3.05) is 25.1 Å². The molecule has 2 rings (SSSR count). The molecule has 17 heavy (non-hydrogen) atoms. The molecule has 1 fully saturated rings. The molecule has 0 radical (unpaired) electrons. The monoisotopic (exact) mass is 301 g/mol. The van der Waals surface area contributed by atoms with Crippen LogP contribution in [0.3, 0.4) is 0 Å². The minimum absolute atomic E-state index is 0.535. The van der Waals surface area contributed by atoms with Crippen molar-refractivity contribution in [3.05, 3.63) is 10.7 Å². The van der Waals surface area contributed by atoms with Crippen LogP contribution < -0.4 is 9.64 Å². The molecule has 6 heteroatoms. The topological polar surface area (TPSA) is 58.5 Å². The summed E-state index contributed by atoms with van der Waals surface area (Å²) in [5, 5.41) is 9.88. The molecule has 0 atom stereocenters. The summed E-state index contributed by atoms with van der Waals surface area (Å²) in [7, 11) is 1.58. The van der Waals surface area contributed by atoms with E-state index in [1.807, 2.05) is 6.92 Å². The molecular weight excluding hydrogens is 286 g/mol. The van der Waals surface area contributed by atoms with Crippen LogP contribution in [0, 0.1) is 0 Å². The molecule has 1 aliphatic rings. The van der Waals surface area contributed by atoms with E-state index in [2.05, 4.69) is 30.8 Å². The summed E-state index contributed by atoms with van der Waals surface area (Å²) in [5.74, 6) is 1.19. The lowest BCUT2D eigenvalue weighted by molar-refractivity contribution is 0.0348. The number of hydrogen-bond donors (Lipinski definition) is 1. The van der Waals surface area contributed by atoms with E-state index in [1.165, 1.54) is 0 Å². The summed E-state index contributed by atoms with van der Waals surface area (Å²) in [4.78, 5) is 10.7. The van der Waals surface area contributed by atoms with Crippen molar-refractivity contribution in [3.63, 3.8) is 0 Å². The second kappa shape index (κ2) is 4.78. The molecule has 0 aliphatic carbocycles. The Balaban J connectivity index is 2.13. The van der Waals surface area contributed by atoms with E-state index in [0.29, 0.717) is 11.8 Å². The highest BCUT2D eigenvalue weighted by molar-refractivity contribution is 9.10. The molecule has 1 saturated heterocycles. The van der Waals surface area contributed by atoms with Crippen LogP contribution in [0.15, 0.2) is 10.7 Å². The maximum Gasteiger partial charge on any atom is 0.232 e. The quantitative estimate of drug-likeness (QED) is 0.899. The molecular formula is C11H16BrN3O2. The minimum atomic E-state index is -0.560. The Morgan fingerprint density at radius 2 is 2.12 bits per heavy atom. The van der Waals surface area contributed by atoms with Gasteiger partial charge in [0.1, 0.15) is 0 Å². The second-order valence-electron chi connectivity index (χ2n) is 4.51. The predicted octanol–water partition coefficient (Wildman–Crippen LogP) is 1.60. The lowest BCUT2D eigenvalue weighted by Crippen LogP contribution is -2.43. The van der Waals surface area contributed by atoms with E-state index in [-0.39, 0.29) is 0 Å². The van der Waals surface area contributed by atoms with Crippen molar-refractivity contribution in [2.24, 2.45) is 0 Å². The van der Waals surface area contributed by atoms with Crippen LogP contribution in [-0.4, -0.2) is 40.9 Å². The molecule has 1 N–H and O–H groups in total. The third-order valence-corrected chi connectivity index (χ3v) is 3.56. The highest BCUT2D eigenvalue weighted by Crippen LogP contribution is 2.27. The lowest BCUT2D eigenvalue weighted by atomic mass is 9.94. The molecule has 1 aromatic heterocycles. The highest BCUT2D eigenvalue weighted by atomic mass is 79.9. The molecule has 5 nitrogen and oxygen atoms in total. The largest absolute Gasteiger partial charge is 0.480 e. The summed E-state index contributed by atoms with van der Waals surface area (Å²) in [5.41, 5.74) is -0.560. The number of ether oxygens (including phenoxy) is 1. The lowest BCUT2D eigenvalue weighted by Gasteiger charge is -2.35. The zero-order valence-electron chi connectivity index (χ0n) is 9.98. The Morgan fingerprint density at radius 3 is 2.71 bits per heavy atom. The van der Waals surface area contributed by atoms with Crippen molar-refractivity contribution >= 4 is 21.9 Å². The van der Waals surface area contributed by atoms with Gasteiger partial charge < -0.3 is 14.7 Å². The van der Waals surface area contributed by atoms with Crippen LogP contribution in [0.5, 0.6) is 5.88 Å². The van der Waals surface area contributed by atoms with Gasteiger partial charge in [0.25, 0.3) is 0 Å². The van der Waals surface area contributed by atoms with Crippen molar-refractivity contribution in [2.45, 2.75) is 25.4 Å². The van der Waals surface area contributed by atoms with E-state index >= 15 is 0 Å². The molecule has 0 spiro atoms. The summed E-state index contributed by atoms with van der Waals surface area (Å²) in [6.07, 6.45) is 3.15. The molecule has 1 aliphatic heterocycles. The Hall–Kier alpha value is -0.880. The first kappa shape index (κ1) is 12.6. The van der Waals surface area contributed by atoms with Gasteiger partial charge in [0.2, 0.25) is 11.8 Å². The number of halogens is 1. The van der Waals surface area contributed by atoms with Gasteiger partial charge in [0.15, 0.2) is 0 Å². The number of anilines is 1. The Kier molecular flexibility index (Phi) is 3.53. The first-order chi connectivity index (χ1) is 8.02. The number of nitrogens with zero attached hydrogens (tertiary/aromatic N) is 3. The fourth-order valence-electron chi connectivity index (χ4n) is 1.83. The van der Waals surface area contributed by atoms with E-state index in [4.69, 9.17) is 4.74 Å². The summed E-state index contributed by atoms with van der Waals surface area (Å²) in [6.45, 7) is 3.39. The molecule has 0 unspecified atom stereocenters. The molecule has 1 aromatic rings. The smallest absolute Gasteiger partial charge is 0.232 e. The standard InChI is InChI=1S/C11H16BrN3O2/c1-11(16)3-5-15(6-4-11)10-13-7-8(12)9(14-10)17-2/h7,16H,3-6H2,1-2H3. The SMILES string of the molecule is COc1nc(N2CCC(C)(O)CC2)ncc1Br. The van der Waals surface area contributed by atoms with E-state index in [1.54, 1.807) is 13.3 Å². The van der Waals surface area contributed by atoms with Crippen molar-refractivity contribution in [1.29, 1.82) is 0 Å². The van der Waals surface area contributed by atoms with Crippen LogP contribution in [0.1, 0.15) is 19.8 Å².